The van der Waals surface area contributed by atoms with Crippen molar-refractivity contribution in [2.45, 2.75) is 57.0 Å². The summed E-state index contributed by atoms with van der Waals surface area (Å²) in [6.07, 6.45) is 4.89. The summed E-state index contributed by atoms with van der Waals surface area (Å²) in [7, 11) is 3.59. The number of amides is 2. The third-order valence-electron chi connectivity index (χ3n) is 6.62. The van der Waals surface area contributed by atoms with Crippen molar-refractivity contribution in [2.75, 3.05) is 24.8 Å². The zero-order valence-electron chi connectivity index (χ0n) is 18.7. The standard InChI is InChI=1S/C25H31N3O3/c1-25(2)14-13-22(28(3)19-10-11-19)20-12-9-18(15-21(20)25)27-24(30)26-17-7-5-16(6-8-17)23(29)31-4/h5-9,12,15,19,22H,10-11,13-14H2,1-4H3,(H2,26,27,30). The summed E-state index contributed by atoms with van der Waals surface area (Å²) in [6, 6.07) is 13.8. The van der Waals surface area contributed by atoms with Gasteiger partial charge in [0.25, 0.3) is 0 Å². The third kappa shape index (κ3) is 4.59. The lowest BCUT2D eigenvalue weighted by Crippen LogP contribution is -2.35. The lowest BCUT2D eigenvalue weighted by molar-refractivity contribution is 0.0600. The van der Waals surface area contributed by atoms with Crippen LogP contribution in [0.2, 0.25) is 0 Å². The van der Waals surface area contributed by atoms with E-state index >= 15 is 0 Å². The molecule has 2 amide bonds. The van der Waals surface area contributed by atoms with Gasteiger partial charge < -0.3 is 15.4 Å². The number of fused-ring (bicyclic) bond motifs is 1. The molecule has 6 heteroatoms. The first-order chi connectivity index (χ1) is 14.8. The number of carbonyl (C=O) groups is 2. The van der Waals surface area contributed by atoms with E-state index in [0.29, 0.717) is 23.3 Å². The molecule has 0 saturated heterocycles. The Bertz CT molecular complexity index is 980. The maximum atomic E-state index is 12.5. The fourth-order valence-corrected chi connectivity index (χ4v) is 4.56. The van der Waals surface area contributed by atoms with Gasteiger partial charge in [0.2, 0.25) is 0 Å². The summed E-state index contributed by atoms with van der Waals surface area (Å²) in [6.45, 7) is 4.57. The Labute approximate surface area is 184 Å². The van der Waals surface area contributed by atoms with Gasteiger partial charge in [0.1, 0.15) is 0 Å². The van der Waals surface area contributed by atoms with Crippen LogP contribution in [0.25, 0.3) is 0 Å². The molecule has 31 heavy (non-hydrogen) atoms. The molecule has 0 aliphatic heterocycles. The lowest BCUT2D eigenvalue weighted by atomic mass is 9.70. The second-order valence-electron chi connectivity index (χ2n) is 9.29. The minimum atomic E-state index is -0.404. The largest absolute Gasteiger partial charge is 0.465 e. The number of benzene rings is 2. The first kappa shape index (κ1) is 21.4. The van der Waals surface area contributed by atoms with Gasteiger partial charge >= 0.3 is 12.0 Å². The van der Waals surface area contributed by atoms with Crippen LogP contribution in [0, 0.1) is 0 Å². The average Bonchev–Trinajstić information content (AvgIpc) is 3.59. The second-order valence-corrected chi connectivity index (χ2v) is 9.29. The van der Waals surface area contributed by atoms with Gasteiger partial charge in [-0.1, -0.05) is 19.9 Å². The average molecular weight is 422 g/mol. The molecule has 0 aromatic heterocycles. The Morgan fingerprint density at radius 1 is 1.00 bits per heavy atom. The number of esters is 1. The van der Waals surface area contributed by atoms with Crippen LogP contribution in [-0.2, 0) is 10.2 Å². The number of hydrogen-bond donors (Lipinski definition) is 2. The molecule has 2 aromatic rings. The molecule has 0 radical (unpaired) electrons. The van der Waals surface area contributed by atoms with Crippen molar-refractivity contribution in [1.82, 2.24) is 4.90 Å². The summed E-state index contributed by atoms with van der Waals surface area (Å²) in [5.74, 6) is -0.404. The smallest absolute Gasteiger partial charge is 0.337 e. The minimum Gasteiger partial charge on any atom is -0.465 e. The van der Waals surface area contributed by atoms with Crippen LogP contribution >= 0.6 is 0 Å². The van der Waals surface area contributed by atoms with Gasteiger partial charge in [-0.05, 0) is 85.7 Å². The van der Waals surface area contributed by atoms with Crippen molar-refractivity contribution in [3.63, 3.8) is 0 Å². The number of rotatable bonds is 5. The number of anilines is 2. The molecule has 2 aliphatic rings. The SMILES string of the molecule is COC(=O)c1ccc(NC(=O)Nc2ccc3c(c2)C(C)(C)CCC3N(C)C2CC2)cc1. The summed E-state index contributed by atoms with van der Waals surface area (Å²) >= 11 is 0. The normalized spacial score (nSPS) is 19.5. The van der Waals surface area contributed by atoms with Crippen LogP contribution < -0.4 is 10.6 Å². The number of carbonyl (C=O) groups excluding carboxylic acids is 2. The predicted octanol–water partition coefficient (Wildman–Crippen LogP) is 5.32. The van der Waals surface area contributed by atoms with Crippen molar-refractivity contribution in [2.24, 2.45) is 0 Å². The van der Waals surface area contributed by atoms with E-state index < -0.39 is 5.97 Å². The number of nitrogens with zero attached hydrogens (tertiary/aromatic N) is 1. The Morgan fingerprint density at radius 2 is 1.65 bits per heavy atom. The molecule has 1 fully saturated rings. The number of ether oxygens (including phenoxy) is 1. The second kappa shape index (κ2) is 8.35. The molecule has 1 atom stereocenters. The van der Waals surface area contributed by atoms with E-state index in [1.807, 2.05) is 6.07 Å². The van der Waals surface area contributed by atoms with Crippen molar-refractivity contribution >= 4 is 23.4 Å². The highest BCUT2D eigenvalue weighted by Gasteiger charge is 2.38. The molecular weight excluding hydrogens is 390 g/mol. The summed E-state index contributed by atoms with van der Waals surface area (Å²) in [5.41, 5.74) is 4.61. The first-order valence-corrected chi connectivity index (χ1v) is 10.9. The van der Waals surface area contributed by atoms with E-state index in [2.05, 4.69) is 48.6 Å². The van der Waals surface area contributed by atoms with E-state index in [4.69, 9.17) is 4.74 Å². The number of nitrogens with one attached hydrogen (secondary N) is 2. The zero-order valence-corrected chi connectivity index (χ0v) is 18.7. The van der Waals surface area contributed by atoms with Gasteiger partial charge in [0, 0.05) is 23.5 Å². The lowest BCUT2D eigenvalue weighted by Gasteiger charge is -2.41. The number of methoxy groups -OCH3 is 1. The Balaban J connectivity index is 1.47. The molecule has 0 heterocycles. The van der Waals surface area contributed by atoms with Crippen molar-refractivity contribution in [1.29, 1.82) is 0 Å². The molecule has 1 unspecified atom stereocenters. The molecule has 0 bridgehead atoms. The Kier molecular flexibility index (Phi) is 5.75. The molecule has 0 spiro atoms. The van der Waals surface area contributed by atoms with E-state index in [-0.39, 0.29) is 11.4 Å². The van der Waals surface area contributed by atoms with Gasteiger partial charge in [-0.3, -0.25) is 4.90 Å². The molecule has 2 aliphatic carbocycles. The van der Waals surface area contributed by atoms with Crippen LogP contribution in [0.15, 0.2) is 42.5 Å². The molecule has 1 saturated carbocycles. The molecular formula is C25H31N3O3. The van der Waals surface area contributed by atoms with E-state index in [1.165, 1.54) is 37.5 Å². The highest BCUT2D eigenvalue weighted by molar-refractivity contribution is 6.00. The predicted molar refractivity (Wildman–Crippen MR) is 123 cm³/mol. The van der Waals surface area contributed by atoms with Crippen LogP contribution in [0.1, 0.15) is 67.1 Å². The van der Waals surface area contributed by atoms with E-state index in [1.54, 1.807) is 24.3 Å². The third-order valence-corrected chi connectivity index (χ3v) is 6.62. The van der Waals surface area contributed by atoms with Crippen molar-refractivity contribution < 1.29 is 14.3 Å². The van der Waals surface area contributed by atoms with Gasteiger partial charge in [-0.2, -0.15) is 0 Å². The summed E-state index contributed by atoms with van der Waals surface area (Å²) in [5, 5.41) is 5.77. The first-order valence-electron chi connectivity index (χ1n) is 10.9. The van der Waals surface area contributed by atoms with E-state index in [9.17, 15) is 9.59 Å². The highest BCUT2D eigenvalue weighted by Crippen LogP contribution is 2.46. The quantitative estimate of drug-likeness (QED) is 0.641. The van der Waals surface area contributed by atoms with Gasteiger partial charge in [-0.15, -0.1) is 0 Å². The number of urea groups is 1. The molecule has 164 valence electrons. The number of hydrogen-bond acceptors (Lipinski definition) is 4. The molecule has 2 N–H and O–H groups in total. The van der Waals surface area contributed by atoms with Crippen molar-refractivity contribution in [3.05, 3.63) is 59.2 Å². The van der Waals surface area contributed by atoms with E-state index in [0.717, 1.165) is 12.1 Å². The summed E-state index contributed by atoms with van der Waals surface area (Å²) < 4.78 is 4.70. The van der Waals surface area contributed by atoms with Gasteiger partial charge in [0.05, 0.1) is 12.7 Å². The maximum absolute atomic E-state index is 12.5. The van der Waals surface area contributed by atoms with Gasteiger partial charge in [0.15, 0.2) is 0 Å². The topological polar surface area (TPSA) is 70.7 Å². The Morgan fingerprint density at radius 3 is 2.29 bits per heavy atom. The monoisotopic (exact) mass is 421 g/mol. The zero-order chi connectivity index (χ0) is 22.2. The van der Waals surface area contributed by atoms with Crippen LogP contribution in [0.5, 0.6) is 0 Å². The highest BCUT2D eigenvalue weighted by atomic mass is 16.5. The summed E-state index contributed by atoms with van der Waals surface area (Å²) in [4.78, 5) is 26.6. The minimum absolute atomic E-state index is 0.0775. The maximum Gasteiger partial charge on any atom is 0.337 e. The fraction of sp³-hybridized carbons (Fsp3) is 0.440. The Hall–Kier alpha value is -2.86. The van der Waals surface area contributed by atoms with Crippen LogP contribution in [0.3, 0.4) is 0 Å². The van der Waals surface area contributed by atoms with Crippen LogP contribution in [0.4, 0.5) is 16.2 Å². The molecule has 2 aromatic carbocycles. The van der Waals surface area contributed by atoms with Crippen LogP contribution in [-0.4, -0.2) is 37.1 Å². The van der Waals surface area contributed by atoms with Gasteiger partial charge in [-0.25, -0.2) is 9.59 Å². The fourth-order valence-electron chi connectivity index (χ4n) is 4.56. The molecule has 4 rings (SSSR count). The molecule has 6 nitrogen and oxygen atoms in total. The van der Waals surface area contributed by atoms with Crippen molar-refractivity contribution in [3.8, 4) is 0 Å².